The molecule has 0 radical (unpaired) electrons. The van der Waals surface area contributed by atoms with Crippen LogP contribution in [-0.2, 0) is 4.74 Å². The van der Waals surface area contributed by atoms with Gasteiger partial charge in [-0.1, -0.05) is 6.92 Å². The van der Waals surface area contributed by atoms with E-state index >= 15 is 0 Å². The van der Waals surface area contributed by atoms with Gasteiger partial charge in [0.15, 0.2) is 0 Å². The Morgan fingerprint density at radius 3 is 2.94 bits per heavy atom. The third-order valence-corrected chi connectivity index (χ3v) is 5.52. The fourth-order valence-electron chi connectivity index (χ4n) is 3.00. The van der Waals surface area contributed by atoms with Gasteiger partial charge in [-0.2, -0.15) is 11.8 Å². The standard InChI is InChI=1S/C13H26N2OS/c1-2-8-17-10-12(15-14)11-4-7-16-13(9-11)5-3-6-13/h11-12,15H,2-10,14H2,1H3. The van der Waals surface area contributed by atoms with E-state index in [1.165, 1.54) is 44.3 Å². The molecule has 4 heteroatoms. The highest BCUT2D eigenvalue weighted by atomic mass is 32.2. The maximum Gasteiger partial charge on any atom is 0.0685 e. The van der Waals surface area contributed by atoms with Crippen molar-refractivity contribution in [2.24, 2.45) is 11.8 Å². The number of hydrazine groups is 1. The minimum Gasteiger partial charge on any atom is -0.375 e. The smallest absolute Gasteiger partial charge is 0.0685 e. The van der Waals surface area contributed by atoms with E-state index in [-0.39, 0.29) is 5.60 Å². The van der Waals surface area contributed by atoms with E-state index < -0.39 is 0 Å². The Balaban J connectivity index is 1.81. The van der Waals surface area contributed by atoms with Gasteiger partial charge in [-0.15, -0.1) is 0 Å². The predicted octanol–water partition coefficient (Wildman–Crippen LogP) is 2.31. The summed E-state index contributed by atoms with van der Waals surface area (Å²) in [5, 5.41) is 0. The van der Waals surface area contributed by atoms with Gasteiger partial charge in [-0.05, 0) is 50.2 Å². The largest absolute Gasteiger partial charge is 0.375 e. The van der Waals surface area contributed by atoms with Gasteiger partial charge >= 0.3 is 0 Å². The number of nitrogens with two attached hydrogens (primary N) is 1. The summed E-state index contributed by atoms with van der Waals surface area (Å²) in [5.41, 5.74) is 3.28. The molecule has 0 bridgehead atoms. The number of hydrogen-bond donors (Lipinski definition) is 2. The molecule has 1 saturated heterocycles. The van der Waals surface area contributed by atoms with Crippen molar-refractivity contribution in [3.63, 3.8) is 0 Å². The lowest BCUT2D eigenvalue weighted by Gasteiger charge is -2.48. The van der Waals surface area contributed by atoms with E-state index in [0.717, 1.165) is 12.4 Å². The zero-order valence-electron chi connectivity index (χ0n) is 10.9. The summed E-state index contributed by atoms with van der Waals surface area (Å²) in [5.74, 6) is 8.82. The van der Waals surface area contributed by atoms with Crippen molar-refractivity contribution in [1.82, 2.24) is 5.43 Å². The van der Waals surface area contributed by atoms with Gasteiger partial charge in [-0.3, -0.25) is 11.3 Å². The molecule has 0 aromatic carbocycles. The molecule has 2 unspecified atom stereocenters. The molecule has 2 rings (SSSR count). The van der Waals surface area contributed by atoms with Crippen molar-refractivity contribution < 1.29 is 4.74 Å². The highest BCUT2D eigenvalue weighted by Gasteiger charge is 2.44. The Bertz CT molecular complexity index is 233. The van der Waals surface area contributed by atoms with Crippen LogP contribution in [0.2, 0.25) is 0 Å². The maximum absolute atomic E-state index is 5.98. The Morgan fingerprint density at radius 1 is 1.53 bits per heavy atom. The van der Waals surface area contributed by atoms with Gasteiger partial charge in [0.2, 0.25) is 0 Å². The van der Waals surface area contributed by atoms with Gasteiger partial charge in [0, 0.05) is 18.4 Å². The van der Waals surface area contributed by atoms with Crippen LogP contribution in [0.25, 0.3) is 0 Å². The van der Waals surface area contributed by atoms with Crippen LogP contribution in [0.1, 0.15) is 45.4 Å². The number of thioether (sulfide) groups is 1. The lowest BCUT2D eigenvalue weighted by atomic mass is 9.70. The number of ether oxygens (including phenoxy) is 1. The van der Waals surface area contributed by atoms with Crippen LogP contribution < -0.4 is 11.3 Å². The van der Waals surface area contributed by atoms with E-state index in [2.05, 4.69) is 12.3 Å². The summed E-state index contributed by atoms with van der Waals surface area (Å²) >= 11 is 2.02. The second-order valence-corrected chi connectivity index (χ2v) is 6.64. The van der Waals surface area contributed by atoms with Crippen LogP contribution in [0.15, 0.2) is 0 Å². The Labute approximate surface area is 109 Å². The van der Waals surface area contributed by atoms with Gasteiger partial charge in [0.1, 0.15) is 0 Å². The molecule has 0 aromatic rings. The van der Waals surface area contributed by atoms with Crippen molar-refractivity contribution >= 4 is 11.8 Å². The van der Waals surface area contributed by atoms with E-state index in [0.29, 0.717) is 12.0 Å². The zero-order valence-corrected chi connectivity index (χ0v) is 11.7. The Kier molecular flexibility index (Phi) is 5.15. The Morgan fingerprint density at radius 2 is 2.35 bits per heavy atom. The third-order valence-electron chi connectivity index (χ3n) is 4.22. The van der Waals surface area contributed by atoms with Crippen LogP contribution >= 0.6 is 11.8 Å². The minimum atomic E-state index is 0.243. The van der Waals surface area contributed by atoms with Crippen molar-refractivity contribution in [2.45, 2.75) is 57.1 Å². The van der Waals surface area contributed by atoms with Crippen molar-refractivity contribution in [3.05, 3.63) is 0 Å². The second-order valence-electron chi connectivity index (χ2n) is 5.49. The summed E-state index contributed by atoms with van der Waals surface area (Å²) in [6, 6.07) is 0.466. The fourth-order valence-corrected chi connectivity index (χ4v) is 4.08. The first-order valence-corrected chi connectivity index (χ1v) is 8.13. The van der Waals surface area contributed by atoms with Gasteiger partial charge in [-0.25, -0.2) is 0 Å². The van der Waals surface area contributed by atoms with Crippen LogP contribution in [0, 0.1) is 5.92 Å². The molecule has 1 aliphatic carbocycles. The number of nitrogens with one attached hydrogen (secondary N) is 1. The van der Waals surface area contributed by atoms with Crippen molar-refractivity contribution in [2.75, 3.05) is 18.1 Å². The molecule has 2 aliphatic rings. The normalized spacial score (nSPS) is 28.9. The third kappa shape index (κ3) is 3.37. The molecule has 1 saturated carbocycles. The quantitative estimate of drug-likeness (QED) is 0.436. The minimum absolute atomic E-state index is 0.243. The number of hydrogen-bond acceptors (Lipinski definition) is 4. The summed E-state index contributed by atoms with van der Waals surface area (Å²) in [4.78, 5) is 0. The van der Waals surface area contributed by atoms with E-state index in [9.17, 15) is 0 Å². The molecule has 3 N–H and O–H groups in total. The molecular weight excluding hydrogens is 232 g/mol. The average Bonchev–Trinajstić information content (AvgIpc) is 2.33. The molecule has 0 aromatic heterocycles. The average molecular weight is 258 g/mol. The lowest BCUT2D eigenvalue weighted by molar-refractivity contribution is -0.146. The van der Waals surface area contributed by atoms with Crippen molar-refractivity contribution in [1.29, 1.82) is 0 Å². The van der Waals surface area contributed by atoms with Crippen LogP contribution in [0.3, 0.4) is 0 Å². The molecule has 2 fully saturated rings. The SMILES string of the molecule is CCCSCC(NN)C1CCOC2(CCC2)C1. The van der Waals surface area contributed by atoms with Crippen molar-refractivity contribution in [3.8, 4) is 0 Å². The molecule has 1 aliphatic heterocycles. The van der Waals surface area contributed by atoms with E-state index in [1.54, 1.807) is 0 Å². The summed E-state index contributed by atoms with van der Waals surface area (Å²) in [6.07, 6.45) is 7.52. The summed E-state index contributed by atoms with van der Waals surface area (Å²) < 4.78 is 5.98. The summed E-state index contributed by atoms with van der Waals surface area (Å²) in [7, 11) is 0. The predicted molar refractivity (Wildman–Crippen MR) is 74.0 cm³/mol. The first-order valence-electron chi connectivity index (χ1n) is 6.97. The number of rotatable bonds is 6. The Hall–Kier alpha value is 0.230. The molecule has 2 atom stereocenters. The molecule has 100 valence electrons. The monoisotopic (exact) mass is 258 g/mol. The second kappa shape index (κ2) is 6.41. The topological polar surface area (TPSA) is 47.3 Å². The fraction of sp³-hybridized carbons (Fsp3) is 1.00. The van der Waals surface area contributed by atoms with Crippen LogP contribution in [0.4, 0.5) is 0 Å². The van der Waals surface area contributed by atoms with Crippen LogP contribution in [0.5, 0.6) is 0 Å². The van der Waals surface area contributed by atoms with Gasteiger partial charge < -0.3 is 4.74 Å². The molecule has 3 nitrogen and oxygen atoms in total. The highest BCUT2D eigenvalue weighted by molar-refractivity contribution is 7.99. The zero-order chi connectivity index (χ0) is 12.1. The molecule has 1 spiro atoms. The van der Waals surface area contributed by atoms with Gasteiger partial charge in [0.25, 0.3) is 0 Å². The van der Waals surface area contributed by atoms with Crippen LogP contribution in [-0.4, -0.2) is 29.8 Å². The van der Waals surface area contributed by atoms with E-state index in [4.69, 9.17) is 10.6 Å². The molecule has 17 heavy (non-hydrogen) atoms. The summed E-state index contributed by atoms with van der Waals surface area (Å²) in [6.45, 7) is 3.16. The first-order chi connectivity index (χ1) is 8.29. The van der Waals surface area contributed by atoms with Gasteiger partial charge in [0.05, 0.1) is 5.60 Å². The van der Waals surface area contributed by atoms with E-state index in [1.807, 2.05) is 11.8 Å². The maximum atomic E-state index is 5.98. The molecule has 1 heterocycles. The highest BCUT2D eigenvalue weighted by Crippen LogP contribution is 2.45. The first kappa shape index (κ1) is 13.7. The molecular formula is C13H26N2OS. The molecule has 0 amide bonds. The lowest BCUT2D eigenvalue weighted by Crippen LogP contribution is -2.52.